The summed E-state index contributed by atoms with van der Waals surface area (Å²) in [7, 11) is 1.58. The molecule has 0 aliphatic rings. The average molecular weight is 488 g/mol. The second-order valence-electron chi connectivity index (χ2n) is 8.58. The molecule has 4 heterocycles. The van der Waals surface area contributed by atoms with Crippen LogP contribution in [0.3, 0.4) is 0 Å². The monoisotopic (exact) mass is 487 g/mol. The fraction of sp³-hybridized carbons (Fsp3) is 0.280. The zero-order valence-corrected chi connectivity index (χ0v) is 20.3. The van der Waals surface area contributed by atoms with Crippen LogP contribution in [0.5, 0.6) is 5.88 Å². The molecule has 11 nitrogen and oxygen atoms in total. The molecule has 0 saturated heterocycles. The normalized spacial score (nSPS) is 12.4. The summed E-state index contributed by atoms with van der Waals surface area (Å²) in [5.74, 6) is 1.19. The number of nitrogens with zero attached hydrogens (tertiary/aromatic N) is 6. The molecule has 0 radical (unpaired) electrons. The molecule has 184 valence electrons. The minimum absolute atomic E-state index is 0.0417. The largest absolute Gasteiger partial charge is 0.467 e. The lowest BCUT2D eigenvalue weighted by atomic mass is 10.1. The molecule has 0 fully saturated rings. The first-order chi connectivity index (χ1) is 17.4. The number of hydrogen-bond acceptors (Lipinski definition) is 9. The fourth-order valence-corrected chi connectivity index (χ4v) is 3.78. The van der Waals surface area contributed by atoms with Crippen molar-refractivity contribution in [1.29, 1.82) is 0 Å². The van der Waals surface area contributed by atoms with E-state index in [-0.39, 0.29) is 18.6 Å². The molecule has 1 amide bonds. The number of carbonyl (C=O) groups is 1. The van der Waals surface area contributed by atoms with Crippen molar-refractivity contribution >= 4 is 22.3 Å². The predicted molar refractivity (Wildman–Crippen MR) is 130 cm³/mol. The van der Waals surface area contributed by atoms with E-state index in [0.29, 0.717) is 40.1 Å². The lowest BCUT2D eigenvalue weighted by Gasteiger charge is -2.16. The maximum atomic E-state index is 12.2. The maximum absolute atomic E-state index is 12.2. The molecule has 11 heteroatoms. The summed E-state index contributed by atoms with van der Waals surface area (Å²) in [4.78, 5) is 16.7. The summed E-state index contributed by atoms with van der Waals surface area (Å²) in [6, 6.07) is 13.0. The van der Waals surface area contributed by atoms with Crippen LogP contribution in [0.2, 0.25) is 0 Å². The van der Waals surface area contributed by atoms with Crippen molar-refractivity contribution in [3.63, 3.8) is 0 Å². The molecular weight excluding hydrogens is 462 g/mol. The van der Waals surface area contributed by atoms with E-state index in [1.165, 1.54) is 0 Å². The van der Waals surface area contributed by atoms with Crippen LogP contribution in [0.15, 0.2) is 53.2 Å². The van der Waals surface area contributed by atoms with Gasteiger partial charge >= 0.3 is 0 Å². The molecule has 4 aromatic heterocycles. The van der Waals surface area contributed by atoms with Crippen LogP contribution in [0.25, 0.3) is 27.9 Å². The lowest BCUT2D eigenvalue weighted by Crippen LogP contribution is -2.30. The maximum Gasteiger partial charge on any atom is 0.253 e. The first-order valence-electron chi connectivity index (χ1n) is 11.5. The molecule has 1 atom stereocenters. The average Bonchev–Trinajstić information content (AvgIpc) is 3.51. The van der Waals surface area contributed by atoms with Crippen LogP contribution in [-0.4, -0.2) is 49.0 Å². The summed E-state index contributed by atoms with van der Waals surface area (Å²) in [5, 5.41) is 21.9. The van der Waals surface area contributed by atoms with E-state index < -0.39 is 6.10 Å². The van der Waals surface area contributed by atoms with Crippen LogP contribution in [0.1, 0.15) is 48.7 Å². The van der Waals surface area contributed by atoms with Gasteiger partial charge in [0, 0.05) is 36.2 Å². The molecule has 5 aromatic rings. The Hall–Kier alpha value is -4.38. The third-order valence-corrected chi connectivity index (χ3v) is 5.48. The van der Waals surface area contributed by atoms with Crippen LogP contribution >= 0.6 is 0 Å². The highest BCUT2D eigenvalue weighted by Gasteiger charge is 2.21. The van der Waals surface area contributed by atoms with Gasteiger partial charge in [0.1, 0.15) is 12.7 Å². The Bertz CT molecular complexity index is 1530. The van der Waals surface area contributed by atoms with Crippen LogP contribution in [-0.2, 0) is 11.3 Å². The number of aromatic nitrogens is 6. The Kier molecular flexibility index (Phi) is 6.30. The summed E-state index contributed by atoms with van der Waals surface area (Å²) in [6.07, 6.45) is 1.10. The van der Waals surface area contributed by atoms with Crippen molar-refractivity contribution in [2.24, 2.45) is 0 Å². The zero-order chi connectivity index (χ0) is 25.2. The minimum atomic E-state index is -0.444. The van der Waals surface area contributed by atoms with E-state index in [4.69, 9.17) is 19.1 Å². The molecular formula is C25H25N7O4. The quantitative estimate of drug-likeness (QED) is 0.348. The Balaban J connectivity index is 1.49. The second-order valence-corrected chi connectivity index (χ2v) is 8.58. The van der Waals surface area contributed by atoms with E-state index in [2.05, 4.69) is 25.7 Å². The van der Waals surface area contributed by atoms with Crippen molar-refractivity contribution in [2.45, 2.75) is 39.5 Å². The highest BCUT2D eigenvalue weighted by atomic mass is 16.5. The molecule has 5 rings (SSSR count). The van der Waals surface area contributed by atoms with Gasteiger partial charge in [-0.15, -0.1) is 15.3 Å². The second kappa shape index (κ2) is 9.70. The number of rotatable bonds is 8. The van der Waals surface area contributed by atoms with Crippen LogP contribution < -0.4 is 10.1 Å². The lowest BCUT2D eigenvalue weighted by molar-refractivity contribution is 0.0942. The van der Waals surface area contributed by atoms with Gasteiger partial charge < -0.3 is 19.3 Å². The van der Waals surface area contributed by atoms with Gasteiger partial charge in [-0.05, 0) is 39.0 Å². The highest BCUT2D eigenvalue weighted by molar-refractivity contribution is 5.97. The van der Waals surface area contributed by atoms with Gasteiger partial charge in [0.25, 0.3) is 5.91 Å². The van der Waals surface area contributed by atoms with E-state index in [1.807, 2.05) is 45.0 Å². The number of fused-ring (bicyclic) bond motifs is 3. The number of amides is 1. The van der Waals surface area contributed by atoms with Gasteiger partial charge in [-0.2, -0.15) is 4.52 Å². The number of ether oxygens (including phenoxy) is 2. The Labute approximate surface area is 206 Å². The molecule has 0 bridgehead atoms. The molecule has 0 aliphatic heterocycles. The van der Waals surface area contributed by atoms with Gasteiger partial charge in [0.2, 0.25) is 11.7 Å². The Morgan fingerprint density at radius 1 is 1.11 bits per heavy atom. The molecule has 0 saturated carbocycles. The third kappa shape index (κ3) is 4.48. The van der Waals surface area contributed by atoms with Gasteiger partial charge in [0.15, 0.2) is 17.1 Å². The van der Waals surface area contributed by atoms with Gasteiger partial charge in [-0.3, -0.25) is 9.78 Å². The summed E-state index contributed by atoms with van der Waals surface area (Å²) >= 11 is 0. The Morgan fingerprint density at radius 3 is 2.64 bits per heavy atom. The number of nitrogens with one attached hydrogen (secondary N) is 1. The van der Waals surface area contributed by atoms with E-state index in [9.17, 15) is 4.79 Å². The molecule has 1 N–H and O–H groups in total. The number of carbonyl (C=O) groups excluding carboxylic acids is 1. The van der Waals surface area contributed by atoms with Crippen LogP contribution in [0.4, 0.5) is 0 Å². The minimum Gasteiger partial charge on any atom is -0.467 e. The molecule has 36 heavy (non-hydrogen) atoms. The number of pyridine rings is 1. The first kappa shape index (κ1) is 23.4. The zero-order valence-electron chi connectivity index (χ0n) is 20.3. The van der Waals surface area contributed by atoms with Crippen molar-refractivity contribution < 1.29 is 18.8 Å². The number of hydrogen-bond donors (Lipinski definition) is 1. The molecule has 0 spiro atoms. The van der Waals surface area contributed by atoms with E-state index in [1.54, 1.807) is 36.0 Å². The number of benzene rings is 1. The SMILES string of the molecule is COCc1cc(-c2nnc3c4ccccc4c(O[C@H](C)c4ccc(C(=O)NC(C)C)cn4)nn23)no1. The van der Waals surface area contributed by atoms with Crippen LogP contribution in [0, 0.1) is 0 Å². The van der Waals surface area contributed by atoms with E-state index >= 15 is 0 Å². The molecule has 0 aliphatic carbocycles. The van der Waals surface area contributed by atoms with Crippen molar-refractivity contribution in [3.05, 3.63) is 65.7 Å². The van der Waals surface area contributed by atoms with Crippen molar-refractivity contribution in [3.8, 4) is 17.4 Å². The smallest absolute Gasteiger partial charge is 0.253 e. The number of methoxy groups -OCH3 is 1. The van der Waals surface area contributed by atoms with Gasteiger partial charge in [0.05, 0.1) is 11.3 Å². The summed E-state index contributed by atoms with van der Waals surface area (Å²) < 4.78 is 18.3. The van der Waals surface area contributed by atoms with E-state index in [0.717, 1.165) is 10.8 Å². The summed E-state index contributed by atoms with van der Waals surface area (Å²) in [6.45, 7) is 5.98. The first-order valence-corrected chi connectivity index (χ1v) is 11.5. The highest BCUT2D eigenvalue weighted by Crippen LogP contribution is 2.31. The fourth-order valence-electron chi connectivity index (χ4n) is 3.78. The van der Waals surface area contributed by atoms with Gasteiger partial charge in [-0.1, -0.05) is 23.4 Å². The topological polar surface area (TPSA) is 130 Å². The van der Waals surface area contributed by atoms with Crippen molar-refractivity contribution in [1.82, 2.24) is 35.3 Å². The third-order valence-electron chi connectivity index (χ3n) is 5.48. The standard InChI is InChI=1S/C25H25N7O4/c1-14(2)27-24(33)16-9-10-20(26-12-16)15(3)35-25-19-8-6-5-7-18(19)22-28-29-23(32(22)30-25)21-11-17(13-34-4)36-31-21/h5-12,14-15H,13H2,1-4H3,(H,27,33)/t15-/m1/s1. The van der Waals surface area contributed by atoms with Gasteiger partial charge in [-0.25, -0.2) is 0 Å². The summed E-state index contributed by atoms with van der Waals surface area (Å²) in [5.41, 5.74) is 2.19. The molecule has 0 unspecified atom stereocenters. The molecule has 1 aromatic carbocycles. The van der Waals surface area contributed by atoms with Crippen molar-refractivity contribution in [2.75, 3.05) is 7.11 Å². The predicted octanol–water partition coefficient (Wildman–Crippen LogP) is 3.75. The Morgan fingerprint density at radius 2 is 1.92 bits per heavy atom.